The van der Waals surface area contributed by atoms with Gasteiger partial charge in [0, 0.05) is 30.8 Å². The van der Waals surface area contributed by atoms with Gasteiger partial charge in [-0.15, -0.1) is 0 Å². The van der Waals surface area contributed by atoms with Crippen LogP contribution in [0.4, 0.5) is 10.2 Å². The van der Waals surface area contributed by atoms with Crippen LogP contribution in [0.15, 0.2) is 18.7 Å². The van der Waals surface area contributed by atoms with Crippen molar-refractivity contribution in [1.29, 1.82) is 5.26 Å². The fourth-order valence-corrected chi connectivity index (χ4v) is 6.33. The highest BCUT2D eigenvalue weighted by Gasteiger charge is 2.69. The topological polar surface area (TPSA) is 209 Å². The van der Waals surface area contributed by atoms with E-state index in [4.69, 9.17) is 24.3 Å². The summed E-state index contributed by atoms with van der Waals surface area (Å²) in [5, 5.41) is 27.5. The molecule has 5 rings (SSSR count). The lowest BCUT2D eigenvalue weighted by molar-refractivity contribution is -0.142. The van der Waals surface area contributed by atoms with Gasteiger partial charge in [-0.3, -0.25) is 14.3 Å². The second kappa shape index (κ2) is 9.73. The van der Waals surface area contributed by atoms with Crippen molar-refractivity contribution in [3.8, 4) is 11.8 Å². The number of alkyl halides is 2. The van der Waals surface area contributed by atoms with Crippen LogP contribution in [-0.2, 0) is 42.1 Å². The SMILES string of the molecule is CC(=O)OCc1cnc(C)c2c1CNP(=O)(OC[C@H]1O[C@@](C#N)(c3cnc4c(N)ncnn34)[C@@](F)(Br)C1O)O2. The number of ether oxygens (including phenoxy) is 2. The monoisotopic (exact) mass is 626 g/mol. The number of aryl methyl sites for hydroxylation is 1. The molecular weight excluding hydrogens is 606 g/mol. The van der Waals surface area contributed by atoms with E-state index in [2.05, 4.69) is 41.1 Å². The average Bonchev–Trinajstić information content (AvgIpc) is 3.41. The first-order valence-electron chi connectivity index (χ1n) is 11.3. The largest absolute Gasteiger partial charge is 0.461 e. The average molecular weight is 627 g/mol. The normalized spacial score (nSPS) is 29.9. The maximum atomic E-state index is 16.0. The van der Waals surface area contributed by atoms with Gasteiger partial charge in [0.15, 0.2) is 17.2 Å². The highest BCUT2D eigenvalue weighted by atomic mass is 79.9. The van der Waals surface area contributed by atoms with Crippen LogP contribution < -0.4 is 15.3 Å². The maximum Gasteiger partial charge on any atom is 0.459 e. The zero-order valence-corrected chi connectivity index (χ0v) is 22.8. The summed E-state index contributed by atoms with van der Waals surface area (Å²) < 4.78 is 49.5. The third-order valence-corrected chi connectivity index (χ3v) is 8.76. The van der Waals surface area contributed by atoms with E-state index < -0.39 is 42.7 Å². The summed E-state index contributed by atoms with van der Waals surface area (Å²) in [5.41, 5.74) is 4.70. The van der Waals surface area contributed by atoms with Gasteiger partial charge >= 0.3 is 13.7 Å². The Hall–Kier alpha value is -3.26. The number of nitriles is 1. The Morgan fingerprint density at radius 2 is 2.23 bits per heavy atom. The number of rotatable bonds is 6. The molecule has 0 aromatic carbocycles. The molecular formula is C21H21BrFN8O7P. The number of hydrogen-bond acceptors (Lipinski definition) is 13. The first-order chi connectivity index (χ1) is 18.4. The van der Waals surface area contributed by atoms with Crippen molar-refractivity contribution >= 4 is 41.1 Å². The lowest BCUT2D eigenvalue weighted by Crippen LogP contribution is -2.46. The molecule has 39 heavy (non-hydrogen) atoms. The molecule has 18 heteroatoms. The van der Waals surface area contributed by atoms with E-state index in [-0.39, 0.29) is 36.1 Å². The molecule has 5 heterocycles. The summed E-state index contributed by atoms with van der Waals surface area (Å²) in [4.78, 5) is 23.2. The molecule has 0 aliphatic carbocycles. The first-order valence-corrected chi connectivity index (χ1v) is 13.7. The molecule has 0 amide bonds. The molecule has 1 fully saturated rings. The van der Waals surface area contributed by atoms with Crippen LogP contribution in [0.2, 0.25) is 0 Å². The van der Waals surface area contributed by atoms with Crippen molar-refractivity contribution in [2.45, 2.75) is 49.4 Å². The van der Waals surface area contributed by atoms with Crippen molar-refractivity contribution in [3.63, 3.8) is 0 Å². The zero-order valence-electron chi connectivity index (χ0n) is 20.4. The number of halogens is 2. The van der Waals surface area contributed by atoms with Gasteiger partial charge in [-0.05, 0) is 22.9 Å². The maximum absolute atomic E-state index is 16.0. The van der Waals surface area contributed by atoms with Gasteiger partial charge in [0.1, 0.15) is 36.9 Å². The summed E-state index contributed by atoms with van der Waals surface area (Å²) in [5.74, 6) is -0.340. The van der Waals surface area contributed by atoms with Crippen molar-refractivity contribution in [3.05, 3.63) is 41.2 Å². The Kier molecular flexibility index (Phi) is 6.82. The van der Waals surface area contributed by atoms with Gasteiger partial charge in [0.25, 0.3) is 0 Å². The molecule has 5 atom stereocenters. The van der Waals surface area contributed by atoms with E-state index in [1.807, 2.05) is 0 Å². The summed E-state index contributed by atoms with van der Waals surface area (Å²) in [7, 11) is -4.07. The Morgan fingerprint density at radius 3 is 2.95 bits per heavy atom. The molecule has 2 unspecified atom stereocenters. The molecule has 2 aliphatic heterocycles. The molecule has 3 aromatic rings. The third-order valence-electron chi connectivity index (χ3n) is 6.28. The number of aliphatic hydroxyl groups is 1. The number of fused-ring (bicyclic) bond motifs is 2. The molecule has 15 nitrogen and oxygen atoms in total. The number of hydrogen-bond donors (Lipinski definition) is 3. The van der Waals surface area contributed by atoms with Crippen molar-refractivity contribution in [1.82, 2.24) is 29.7 Å². The molecule has 0 saturated carbocycles. The number of esters is 1. The number of nitrogens with two attached hydrogens (primary N) is 1. The van der Waals surface area contributed by atoms with E-state index in [1.54, 1.807) is 13.0 Å². The van der Waals surface area contributed by atoms with E-state index in [0.29, 0.717) is 16.8 Å². The van der Waals surface area contributed by atoms with Crippen LogP contribution >= 0.6 is 23.7 Å². The number of nitrogens with zero attached hydrogens (tertiary/aromatic N) is 6. The number of nitrogen functional groups attached to an aromatic ring is 1. The zero-order chi connectivity index (χ0) is 28.2. The second-order valence-corrected chi connectivity index (χ2v) is 11.6. The van der Waals surface area contributed by atoms with Crippen molar-refractivity contribution in [2.75, 3.05) is 12.3 Å². The minimum Gasteiger partial charge on any atom is -0.461 e. The van der Waals surface area contributed by atoms with Gasteiger partial charge in [-0.2, -0.15) is 10.4 Å². The molecule has 0 radical (unpaired) electrons. The Bertz CT molecular complexity index is 1560. The van der Waals surface area contributed by atoms with Crippen LogP contribution in [0, 0.1) is 18.3 Å². The van der Waals surface area contributed by atoms with Gasteiger partial charge in [-0.1, -0.05) is 0 Å². The second-order valence-electron chi connectivity index (χ2n) is 8.72. The summed E-state index contributed by atoms with van der Waals surface area (Å²) in [6.45, 7) is 2.20. The standard InChI is InChI=1S/C21H21BrFN8O7P/c1-10-16-13(12(3-26-10)6-35-11(2)32)4-30-39(34,38-16)36-7-14-17(33)21(22,23)20(8-24,37-14)15-5-27-19-18(25)28-9-29-31(15)19/h3,5,9,14,17,33H,4,6-7H2,1-2H3,(H,30,34)(H2,25,28,29)/t14-,17?,20+,21-,39?/m1/s1. The quantitative estimate of drug-likeness (QED) is 0.200. The van der Waals surface area contributed by atoms with Crippen LogP contribution in [0.3, 0.4) is 0 Å². The number of carbonyl (C=O) groups is 1. The lowest BCUT2D eigenvalue weighted by atomic mass is 9.94. The lowest BCUT2D eigenvalue weighted by Gasteiger charge is -2.29. The minimum absolute atomic E-state index is 0.0111. The number of pyridine rings is 1. The van der Waals surface area contributed by atoms with E-state index in [1.165, 1.54) is 13.1 Å². The number of aliphatic hydroxyl groups excluding tert-OH is 1. The molecule has 1 saturated heterocycles. The van der Waals surface area contributed by atoms with E-state index >= 15 is 4.39 Å². The summed E-state index contributed by atoms with van der Waals surface area (Å²) in [6, 6.07) is 1.75. The number of nitrogens with one attached hydrogen (secondary N) is 1. The Morgan fingerprint density at radius 1 is 1.46 bits per heavy atom. The Labute approximate surface area is 228 Å². The number of carbonyl (C=O) groups excluding carboxylic acids is 1. The van der Waals surface area contributed by atoms with E-state index in [0.717, 1.165) is 17.0 Å². The fourth-order valence-electron chi connectivity index (χ4n) is 4.27. The van der Waals surface area contributed by atoms with Crippen molar-refractivity contribution in [2.24, 2.45) is 0 Å². The molecule has 0 bridgehead atoms. The van der Waals surface area contributed by atoms with Gasteiger partial charge in [0.2, 0.25) is 10.2 Å². The van der Waals surface area contributed by atoms with E-state index in [9.17, 15) is 19.7 Å². The molecule has 4 N–H and O–H groups in total. The first kappa shape index (κ1) is 27.3. The summed E-state index contributed by atoms with van der Waals surface area (Å²) >= 11 is 2.81. The van der Waals surface area contributed by atoms with Crippen molar-refractivity contribution < 1.29 is 37.4 Å². The molecule has 206 valence electrons. The highest BCUT2D eigenvalue weighted by Crippen LogP contribution is 2.55. The number of anilines is 1. The van der Waals surface area contributed by atoms with Crippen LogP contribution in [0.25, 0.3) is 5.65 Å². The van der Waals surface area contributed by atoms with Gasteiger partial charge in [-0.25, -0.2) is 28.5 Å². The fraction of sp³-hybridized carbons (Fsp3) is 0.429. The number of aromatic nitrogens is 5. The third kappa shape index (κ3) is 4.42. The minimum atomic E-state index is -4.07. The molecule has 2 aliphatic rings. The van der Waals surface area contributed by atoms with Crippen LogP contribution in [0.5, 0.6) is 5.75 Å². The predicted molar refractivity (Wildman–Crippen MR) is 132 cm³/mol. The van der Waals surface area contributed by atoms with Gasteiger partial charge in [0.05, 0.1) is 18.5 Å². The molecule has 0 spiro atoms. The van der Waals surface area contributed by atoms with Crippen LogP contribution in [-0.4, -0.2) is 59.0 Å². The Balaban J connectivity index is 1.38. The smallest absolute Gasteiger partial charge is 0.459 e. The predicted octanol–water partition coefficient (Wildman–Crippen LogP) is 1.32. The highest BCUT2D eigenvalue weighted by molar-refractivity contribution is 9.10. The summed E-state index contributed by atoms with van der Waals surface area (Å²) in [6.07, 6.45) is 0.264. The van der Waals surface area contributed by atoms with Crippen LogP contribution in [0.1, 0.15) is 29.4 Å². The number of imidazole rings is 1. The van der Waals surface area contributed by atoms with Gasteiger partial charge < -0.3 is 24.8 Å². The molecule has 3 aromatic heterocycles.